The van der Waals surface area contributed by atoms with Crippen molar-refractivity contribution in [3.8, 4) is 0 Å². The Kier molecular flexibility index (Phi) is 6.68. The maximum atomic E-state index is 11.8. The molecule has 1 aromatic carbocycles. The van der Waals surface area contributed by atoms with Crippen molar-refractivity contribution in [2.24, 2.45) is 0 Å². The largest absolute Gasteiger partial charge is 0.212 e. The fourth-order valence-electron chi connectivity index (χ4n) is 1.67. The highest BCUT2D eigenvalue weighted by Gasteiger charge is 2.16. The Labute approximate surface area is 115 Å². The fourth-order valence-corrected chi connectivity index (χ4v) is 3.41. The summed E-state index contributed by atoms with van der Waals surface area (Å²) >= 11 is 5.83. The van der Waals surface area contributed by atoms with E-state index in [0.29, 0.717) is 12.8 Å². The molecule has 0 amide bonds. The van der Waals surface area contributed by atoms with Gasteiger partial charge in [0, 0.05) is 11.9 Å². The minimum atomic E-state index is -3.21. The van der Waals surface area contributed by atoms with Crippen LogP contribution in [0.15, 0.2) is 30.3 Å². The zero-order valence-corrected chi connectivity index (χ0v) is 12.2. The van der Waals surface area contributed by atoms with Gasteiger partial charge < -0.3 is 0 Å². The van der Waals surface area contributed by atoms with E-state index in [2.05, 4.69) is 4.72 Å². The minimum absolute atomic E-state index is 0.172. The monoisotopic (exact) mass is 289 g/mol. The molecule has 0 aliphatic heterocycles. The van der Waals surface area contributed by atoms with Crippen LogP contribution in [0.4, 0.5) is 0 Å². The maximum Gasteiger partial charge on any atom is 0.211 e. The summed E-state index contributed by atoms with van der Waals surface area (Å²) in [5.41, 5.74) is 1.08. The second-order valence-electron chi connectivity index (χ2n) is 4.33. The SMILES string of the molecule is CCCCS(=O)(=O)N[C@H](CCl)Cc1ccccc1. The van der Waals surface area contributed by atoms with Gasteiger partial charge in [-0.15, -0.1) is 11.6 Å². The summed E-state index contributed by atoms with van der Waals surface area (Å²) in [6, 6.07) is 9.51. The summed E-state index contributed by atoms with van der Waals surface area (Å²) in [4.78, 5) is 0. The van der Waals surface area contributed by atoms with Crippen molar-refractivity contribution in [1.82, 2.24) is 4.72 Å². The third kappa shape index (κ3) is 5.85. The van der Waals surface area contributed by atoms with E-state index in [-0.39, 0.29) is 17.7 Å². The molecule has 1 atom stereocenters. The Morgan fingerprint density at radius 1 is 1.28 bits per heavy atom. The maximum absolute atomic E-state index is 11.8. The second-order valence-corrected chi connectivity index (χ2v) is 6.51. The van der Waals surface area contributed by atoms with E-state index in [1.807, 2.05) is 37.3 Å². The van der Waals surface area contributed by atoms with Gasteiger partial charge in [-0.25, -0.2) is 13.1 Å². The molecule has 0 saturated heterocycles. The van der Waals surface area contributed by atoms with Crippen LogP contribution in [-0.2, 0) is 16.4 Å². The zero-order chi connectivity index (χ0) is 13.4. The number of halogens is 1. The molecule has 0 bridgehead atoms. The molecule has 1 N–H and O–H groups in total. The lowest BCUT2D eigenvalue weighted by molar-refractivity contribution is 0.558. The van der Waals surface area contributed by atoms with Gasteiger partial charge in [-0.2, -0.15) is 0 Å². The highest BCUT2D eigenvalue weighted by molar-refractivity contribution is 7.89. The summed E-state index contributed by atoms with van der Waals surface area (Å²) in [5.74, 6) is 0.450. The van der Waals surface area contributed by atoms with Crippen LogP contribution in [0.1, 0.15) is 25.3 Å². The first-order chi connectivity index (χ1) is 8.57. The van der Waals surface area contributed by atoms with Crippen molar-refractivity contribution >= 4 is 21.6 Å². The van der Waals surface area contributed by atoms with Crippen LogP contribution in [0.2, 0.25) is 0 Å². The van der Waals surface area contributed by atoms with Gasteiger partial charge in [-0.3, -0.25) is 0 Å². The summed E-state index contributed by atoms with van der Waals surface area (Å²) in [5, 5.41) is 0. The topological polar surface area (TPSA) is 46.2 Å². The first-order valence-corrected chi connectivity index (χ1v) is 8.36. The normalized spacial score (nSPS) is 13.4. The molecule has 0 spiro atoms. The predicted molar refractivity (Wildman–Crippen MR) is 76.5 cm³/mol. The van der Waals surface area contributed by atoms with Crippen LogP contribution >= 0.6 is 11.6 Å². The van der Waals surface area contributed by atoms with Crippen molar-refractivity contribution in [2.75, 3.05) is 11.6 Å². The number of benzene rings is 1. The number of unbranched alkanes of at least 4 members (excludes halogenated alkanes) is 1. The Hall–Kier alpha value is -0.580. The Morgan fingerprint density at radius 2 is 1.94 bits per heavy atom. The standard InChI is InChI=1S/C13H20ClNO2S/c1-2-3-9-18(16,17)15-13(11-14)10-12-7-5-4-6-8-12/h4-8,13,15H,2-3,9-11H2,1H3/t13-/m0/s1. The van der Waals surface area contributed by atoms with Gasteiger partial charge in [-0.1, -0.05) is 43.7 Å². The Balaban J connectivity index is 2.57. The summed E-state index contributed by atoms with van der Waals surface area (Å²) < 4.78 is 26.2. The molecule has 0 aromatic heterocycles. The molecule has 18 heavy (non-hydrogen) atoms. The quantitative estimate of drug-likeness (QED) is 0.748. The molecule has 0 saturated carbocycles. The first kappa shape index (κ1) is 15.5. The fraction of sp³-hybridized carbons (Fsp3) is 0.538. The third-order valence-corrected chi connectivity index (χ3v) is 4.52. The lowest BCUT2D eigenvalue weighted by atomic mass is 10.1. The van der Waals surface area contributed by atoms with E-state index in [1.54, 1.807) is 0 Å². The van der Waals surface area contributed by atoms with Crippen molar-refractivity contribution in [3.05, 3.63) is 35.9 Å². The van der Waals surface area contributed by atoms with Crippen LogP contribution in [-0.4, -0.2) is 26.1 Å². The van der Waals surface area contributed by atoms with Crippen LogP contribution in [0.25, 0.3) is 0 Å². The number of hydrogen-bond acceptors (Lipinski definition) is 2. The summed E-state index contributed by atoms with van der Waals surface area (Å²) in [6.07, 6.45) is 2.16. The van der Waals surface area contributed by atoms with Gasteiger partial charge >= 0.3 is 0 Å². The zero-order valence-electron chi connectivity index (χ0n) is 10.6. The van der Waals surface area contributed by atoms with Crippen LogP contribution in [0.3, 0.4) is 0 Å². The molecule has 1 rings (SSSR count). The van der Waals surface area contributed by atoms with Crippen LogP contribution in [0.5, 0.6) is 0 Å². The van der Waals surface area contributed by atoms with Gasteiger partial charge in [0.2, 0.25) is 10.0 Å². The minimum Gasteiger partial charge on any atom is -0.212 e. The van der Waals surface area contributed by atoms with Crippen molar-refractivity contribution in [3.63, 3.8) is 0 Å². The molecule has 1 aromatic rings. The van der Waals surface area contributed by atoms with Gasteiger partial charge in [0.25, 0.3) is 0 Å². The second kappa shape index (κ2) is 7.77. The van der Waals surface area contributed by atoms with Gasteiger partial charge in [0.15, 0.2) is 0 Å². The molecule has 0 heterocycles. The summed E-state index contributed by atoms with van der Waals surface area (Å²) in [7, 11) is -3.21. The van der Waals surface area contributed by atoms with E-state index in [1.165, 1.54) is 0 Å². The number of hydrogen-bond donors (Lipinski definition) is 1. The molecule has 0 unspecified atom stereocenters. The van der Waals surface area contributed by atoms with Crippen molar-refractivity contribution in [2.45, 2.75) is 32.2 Å². The average Bonchev–Trinajstić information content (AvgIpc) is 2.36. The van der Waals surface area contributed by atoms with E-state index < -0.39 is 10.0 Å². The smallest absolute Gasteiger partial charge is 0.211 e. The van der Waals surface area contributed by atoms with Crippen molar-refractivity contribution in [1.29, 1.82) is 0 Å². The van der Waals surface area contributed by atoms with E-state index in [4.69, 9.17) is 11.6 Å². The molecule has 0 aliphatic carbocycles. The number of alkyl halides is 1. The molecule has 102 valence electrons. The molecule has 0 fully saturated rings. The predicted octanol–water partition coefficient (Wildman–Crippen LogP) is 2.56. The number of rotatable bonds is 8. The summed E-state index contributed by atoms with van der Waals surface area (Å²) in [6.45, 7) is 1.97. The molecule has 5 heteroatoms. The number of sulfonamides is 1. The molecule has 3 nitrogen and oxygen atoms in total. The highest BCUT2D eigenvalue weighted by atomic mass is 35.5. The Bertz CT molecular complexity index is 434. The lowest BCUT2D eigenvalue weighted by Gasteiger charge is -2.16. The molecular formula is C13H20ClNO2S. The van der Waals surface area contributed by atoms with E-state index >= 15 is 0 Å². The molecule has 0 radical (unpaired) electrons. The molecular weight excluding hydrogens is 270 g/mol. The highest BCUT2D eigenvalue weighted by Crippen LogP contribution is 2.06. The van der Waals surface area contributed by atoms with Gasteiger partial charge in [0.05, 0.1) is 5.75 Å². The average molecular weight is 290 g/mol. The lowest BCUT2D eigenvalue weighted by Crippen LogP contribution is -2.39. The third-order valence-electron chi connectivity index (χ3n) is 2.62. The Morgan fingerprint density at radius 3 is 2.50 bits per heavy atom. The first-order valence-electron chi connectivity index (χ1n) is 6.17. The van der Waals surface area contributed by atoms with E-state index in [9.17, 15) is 8.42 Å². The number of nitrogens with one attached hydrogen (secondary N) is 1. The van der Waals surface area contributed by atoms with Gasteiger partial charge in [-0.05, 0) is 18.4 Å². The van der Waals surface area contributed by atoms with Crippen LogP contribution in [0, 0.1) is 0 Å². The van der Waals surface area contributed by atoms with Crippen LogP contribution < -0.4 is 4.72 Å². The van der Waals surface area contributed by atoms with E-state index in [0.717, 1.165) is 12.0 Å². The molecule has 0 aliphatic rings. The van der Waals surface area contributed by atoms with Gasteiger partial charge in [0.1, 0.15) is 0 Å². The van der Waals surface area contributed by atoms with Crippen molar-refractivity contribution < 1.29 is 8.42 Å².